The van der Waals surface area contributed by atoms with Gasteiger partial charge in [-0.2, -0.15) is 0 Å². The number of ether oxygens (including phenoxy) is 2. The Bertz CT molecular complexity index is 494. The maximum Gasteiger partial charge on any atom is 0.191 e. The second kappa shape index (κ2) is 15.4. The number of likely N-dealkylation sites (N-methyl/N-ethyl adjacent to an activating group) is 1. The maximum absolute atomic E-state index is 5.57. The number of unbranched alkanes of at least 4 members (excludes halogenated alkanes) is 1. The molecule has 27 heavy (non-hydrogen) atoms. The Morgan fingerprint density at radius 3 is 2.37 bits per heavy atom. The number of guanidine groups is 1. The molecule has 1 atom stereocenters. The number of nitrogens with one attached hydrogen (secondary N) is 2. The van der Waals surface area contributed by atoms with Crippen LogP contribution in [0.4, 0.5) is 0 Å². The molecule has 154 valence electrons. The van der Waals surface area contributed by atoms with Gasteiger partial charge in [0.05, 0.1) is 19.8 Å². The highest BCUT2D eigenvalue weighted by Gasteiger charge is 2.12. The monoisotopic (exact) mass is 378 g/mol. The first-order valence-corrected chi connectivity index (χ1v) is 9.97. The average molecular weight is 379 g/mol. The fourth-order valence-electron chi connectivity index (χ4n) is 2.57. The quantitative estimate of drug-likeness (QED) is 0.295. The predicted molar refractivity (Wildman–Crippen MR) is 114 cm³/mol. The summed E-state index contributed by atoms with van der Waals surface area (Å²) in [5.74, 6) is 0.803. The molecule has 0 aliphatic heterocycles. The van der Waals surface area contributed by atoms with Crippen molar-refractivity contribution in [1.82, 2.24) is 15.5 Å². The van der Waals surface area contributed by atoms with Crippen LogP contribution < -0.4 is 10.6 Å². The minimum atomic E-state index is 0.391. The van der Waals surface area contributed by atoms with Crippen LogP contribution >= 0.6 is 0 Å². The highest BCUT2D eigenvalue weighted by atomic mass is 16.5. The van der Waals surface area contributed by atoms with E-state index in [1.807, 2.05) is 0 Å². The highest BCUT2D eigenvalue weighted by molar-refractivity contribution is 5.79. The summed E-state index contributed by atoms with van der Waals surface area (Å²) in [5.41, 5.74) is 1.34. The summed E-state index contributed by atoms with van der Waals surface area (Å²) >= 11 is 0. The number of nitrogens with zero attached hydrogens (tertiary/aromatic N) is 2. The first-order valence-electron chi connectivity index (χ1n) is 9.97. The van der Waals surface area contributed by atoms with Crippen molar-refractivity contribution in [3.63, 3.8) is 0 Å². The molecule has 0 radical (unpaired) electrons. The van der Waals surface area contributed by atoms with E-state index < -0.39 is 0 Å². The van der Waals surface area contributed by atoms with Gasteiger partial charge in [0.1, 0.15) is 0 Å². The molecule has 1 aromatic rings. The summed E-state index contributed by atoms with van der Waals surface area (Å²) < 4.78 is 11.0. The lowest BCUT2D eigenvalue weighted by Gasteiger charge is -2.25. The zero-order valence-corrected chi connectivity index (χ0v) is 17.5. The fraction of sp³-hybridized carbons (Fsp3) is 0.667. The third-order valence-electron chi connectivity index (χ3n) is 4.33. The summed E-state index contributed by atoms with van der Waals surface area (Å²) in [6, 6.07) is 11.0. The van der Waals surface area contributed by atoms with E-state index in [9.17, 15) is 0 Å². The van der Waals surface area contributed by atoms with Gasteiger partial charge in [0.25, 0.3) is 0 Å². The van der Waals surface area contributed by atoms with Gasteiger partial charge in [-0.05, 0) is 32.5 Å². The number of hydrogen-bond donors (Lipinski definition) is 2. The van der Waals surface area contributed by atoms with E-state index in [1.54, 1.807) is 7.05 Å². The molecule has 0 bridgehead atoms. The zero-order chi connectivity index (χ0) is 19.7. The predicted octanol–water partition coefficient (Wildman–Crippen LogP) is 2.16. The minimum absolute atomic E-state index is 0.391. The van der Waals surface area contributed by atoms with E-state index in [4.69, 9.17) is 9.47 Å². The fourth-order valence-corrected chi connectivity index (χ4v) is 2.57. The van der Waals surface area contributed by atoms with Gasteiger partial charge in [0, 0.05) is 32.8 Å². The van der Waals surface area contributed by atoms with Gasteiger partial charge >= 0.3 is 0 Å². The van der Waals surface area contributed by atoms with Gasteiger partial charge in [-0.1, -0.05) is 43.7 Å². The molecule has 0 heterocycles. The Hall–Kier alpha value is -1.63. The van der Waals surface area contributed by atoms with Crippen LogP contribution in [0, 0.1) is 0 Å². The Morgan fingerprint density at radius 1 is 1.04 bits per heavy atom. The molecule has 1 unspecified atom stereocenters. The van der Waals surface area contributed by atoms with E-state index in [2.05, 4.69) is 71.9 Å². The second-order valence-electron chi connectivity index (χ2n) is 6.77. The molecule has 6 heteroatoms. The molecule has 0 saturated carbocycles. The summed E-state index contributed by atoms with van der Waals surface area (Å²) in [6.45, 7) is 6.47. The van der Waals surface area contributed by atoms with Crippen LogP contribution in [0.1, 0.15) is 25.3 Å². The molecule has 1 rings (SSSR count). The van der Waals surface area contributed by atoms with Gasteiger partial charge in [-0.3, -0.25) is 4.99 Å². The maximum atomic E-state index is 5.57. The van der Waals surface area contributed by atoms with Gasteiger partial charge in [0.15, 0.2) is 5.96 Å². The standard InChI is InChI=1S/C21H38N4O2/c1-5-6-13-26-15-16-27-14-12-23-21(22-2)24-18-20(25(3)4)17-19-10-8-7-9-11-19/h7-11,20H,5-6,12-18H2,1-4H3,(H2,22,23,24). The lowest BCUT2D eigenvalue weighted by molar-refractivity contribution is 0.0487. The lowest BCUT2D eigenvalue weighted by atomic mass is 10.1. The van der Waals surface area contributed by atoms with Crippen LogP contribution in [0.15, 0.2) is 35.3 Å². The van der Waals surface area contributed by atoms with Gasteiger partial charge in [0.2, 0.25) is 0 Å². The summed E-state index contributed by atoms with van der Waals surface area (Å²) in [5, 5.41) is 6.71. The van der Waals surface area contributed by atoms with Crippen LogP contribution in [-0.4, -0.2) is 77.6 Å². The molecule has 0 amide bonds. The Labute approximate surface area is 165 Å². The van der Waals surface area contributed by atoms with Crippen molar-refractivity contribution in [3.8, 4) is 0 Å². The summed E-state index contributed by atoms with van der Waals surface area (Å²) in [6.07, 6.45) is 3.28. The van der Waals surface area contributed by atoms with E-state index in [-0.39, 0.29) is 0 Å². The van der Waals surface area contributed by atoms with Gasteiger partial charge < -0.3 is 25.0 Å². The Balaban J connectivity index is 2.20. The first kappa shape index (κ1) is 23.4. The molecule has 6 nitrogen and oxygen atoms in total. The van der Waals surface area contributed by atoms with E-state index in [0.29, 0.717) is 25.9 Å². The first-order chi connectivity index (χ1) is 13.2. The van der Waals surface area contributed by atoms with E-state index in [1.165, 1.54) is 5.56 Å². The minimum Gasteiger partial charge on any atom is -0.379 e. The van der Waals surface area contributed by atoms with E-state index in [0.717, 1.165) is 44.9 Å². The van der Waals surface area contributed by atoms with Gasteiger partial charge in [-0.15, -0.1) is 0 Å². The zero-order valence-electron chi connectivity index (χ0n) is 17.5. The molecule has 0 fully saturated rings. The van der Waals surface area contributed by atoms with Crippen LogP contribution in [0.3, 0.4) is 0 Å². The summed E-state index contributed by atoms with van der Waals surface area (Å²) in [4.78, 5) is 6.53. The topological polar surface area (TPSA) is 58.1 Å². The third-order valence-corrected chi connectivity index (χ3v) is 4.33. The average Bonchev–Trinajstić information content (AvgIpc) is 2.68. The van der Waals surface area contributed by atoms with E-state index >= 15 is 0 Å². The molecular formula is C21H38N4O2. The number of benzene rings is 1. The molecule has 1 aromatic carbocycles. The molecule has 0 spiro atoms. The largest absolute Gasteiger partial charge is 0.379 e. The SMILES string of the molecule is CCCCOCCOCCNC(=NC)NCC(Cc1ccccc1)N(C)C. The molecule has 0 aliphatic carbocycles. The third kappa shape index (κ3) is 11.6. The molecule has 2 N–H and O–H groups in total. The van der Waals surface area contributed by atoms with Crippen molar-refractivity contribution in [2.24, 2.45) is 4.99 Å². The normalized spacial score (nSPS) is 13.0. The molecule has 0 aromatic heterocycles. The van der Waals surface area contributed by atoms with Crippen LogP contribution in [0.2, 0.25) is 0 Å². The number of rotatable bonds is 14. The summed E-state index contributed by atoms with van der Waals surface area (Å²) in [7, 11) is 6.02. The Kier molecular flexibility index (Phi) is 13.4. The van der Waals surface area contributed by atoms with Crippen LogP contribution in [-0.2, 0) is 15.9 Å². The van der Waals surface area contributed by atoms with Crippen molar-refractivity contribution >= 4 is 5.96 Å². The molecular weight excluding hydrogens is 340 g/mol. The Morgan fingerprint density at radius 2 is 1.74 bits per heavy atom. The molecule has 0 aliphatic rings. The highest BCUT2D eigenvalue weighted by Crippen LogP contribution is 2.06. The van der Waals surface area contributed by atoms with Crippen molar-refractivity contribution < 1.29 is 9.47 Å². The van der Waals surface area contributed by atoms with Crippen LogP contribution in [0.5, 0.6) is 0 Å². The van der Waals surface area contributed by atoms with Crippen molar-refractivity contribution in [3.05, 3.63) is 35.9 Å². The smallest absolute Gasteiger partial charge is 0.191 e. The second-order valence-corrected chi connectivity index (χ2v) is 6.77. The van der Waals surface area contributed by atoms with Crippen molar-refractivity contribution in [1.29, 1.82) is 0 Å². The lowest BCUT2D eigenvalue weighted by Crippen LogP contribution is -2.46. The molecule has 0 saturated heterocycles. The van der Waals surface area contributed by atoms with Crippen LogP contribution in [0.25, 0.3) is 0 Å². The number of hydrogen-bond acceptors (Lipinski definition) is 4. The van der Waals surface area contributed by atoms with Gasteiger partial charge in [-0.25, -0.2) is 0 Å². The number of aliphatic imine (C=N–C) groups is 1. The van der Waals surface area contributed by atoms with Crippen molar-refractivity contribution in [2.45, 2.75) is 32.2 Å². The van der Waals surface area contributed by atoms with Crippen molar-refractivity contribution in [2.75, 3.05) is 60.7 Å².